The van der Waals surface area contributed by atoms with Crippen molar-refractivity contribution in [2.24, 2.45) is 0 Å². The van der Waals surface area contributed by atoms with Crippen LogP contribution in [0.3, 0.4) is 0 Å². The van der Waals surface area contributed by atoms with Gasteiger partial charge < -0.3 is 19.5 Å². The first kappa shape index (κ1) is 15.3. The summed E-state index contributed by atoms with van der Waals surface area (Å²) in [5, 5.41) is 9.62. The molecule has 16 heavy (non-hydrogen) atoms. The topological polar surface area (TPSA) is 59.0 Å². The van der Waals surface area contributed by atoms with Gasteiger partial charge in [-0.1, -0.05) is 6.92 Å². The molecular formula is C11H23NO4. The lowest BCUT2D eigenvalue weighted by molar-refractivity contribution is -0.141. The molecule has 0 fully saturated rings. The molecule has 5 heteroatoms. The van der Waals surface area contributed by atoms with Crippen molar-refractivity contribution in [3.05, 3.63) is 0 Å². The number of likely N-dealkylation sites (N-methyl/N-ethyl adjacent to an activating group) is 1. The number of aliphatic hydroxyl groups excluding tert-OH is 1. The van der Waals surface area contributed by atoms with Crippen molar-refractivity contribution in [3.8, 4) is 0 Å². The third kappa shape index (κ3) is 7.62. The van der Waals surface area contributed by atoms with Crippen LogP contribution in [0.15, 0.2) is 0 Å². The van der Waals surface area contributed by atoms with Crippen LogP contribution in [0.5, 0.6) is 0 Å². The lowest BCUT2D eigenvalue weighted by atomic mass is 10.3. The number of ether oxygens (including phenoxy) is 2. The smallest absolute Gasteiger partial charge is 0.306 e. The van der Waals surface area contributed by atoms with Gasteiger partial charge in [-0.25, -0.2) is 0 Å². The molecule has 0 aromatic heterocycles. The van der Waals surface area contributed by atoms with E-state index in [-0.39, 0.29) is 5.97 Å². The second-order valence-corrected chi connectivity index (χ2v) is 3.53. The van der Waals surface area contributed by atoms with Crippen LogP contribution < -0.4 is 0 Å². The number of aliphatic hydroxyl groups is 1. The predicted molar refractivity (Wildman–Crippen MR) is 61.2 cm³/mol. The highest BCUT2D eigenvalue weighted by Gasteiger charge is 2.11. The van der Waals surface area contributed by atoms with Gasteiger partial charge in [-0.05, 0) is 13.5 Å². The molecule has 0 aromatic carbocycles. The lowest BCUT2D eigenvalue weighted by Crippen LogP contribution is -2.36. The molecule has 0 aliphatic carbocycles. The van der Waals surface area contributed by atoms with Crippen molar-refractivity contribution in [3.63, 3.8) is 0 Å². The van der Waals surface area contributed by atoms with E-state index in [2.05, 4.69) is 4.74 Å². The summed E-state index contributed by atoms with van der Waals surface area (Å²) in [6.45, 7) is 6.74. The number of nitrogens with zero attached hydrogens (tertiary/aromatic N) is 1. The lowest BCUT2D eigenvalue weighted by Gasteiger charge is -2.22. The number of carbonyl (C=O) groups excluding carboxylic acids is 1. The van der Waals surface area contributed by atoms with Gasteiger partial charge in [0.05, 0.1) is 26.2 Å². The van der Waals surface area contributed by atoms with Crippen LogP contribution in [0.1, 0.15) is 20.3 Å². The first-order chi connectivity index (χ1) is 7.63. The highest BCUT2D eigenvalue weighted by Crippen LogP contribution is 1.97. The summed E-state index contributed by atoms with van der Waals surface area (Å²) in [6, 6.07) is 0. The summed E-state index contributed by atoms with van der Waals surface area (Å²) in [5.41, 5.74) is 0. The van der Waals surface area contributed by atoms with Crippen molar-refractivity contribution in [2.75, 3.05) is 40.0 Å². The Morgan fingerprint density at radius 2 is 2.12 bits per heavy atom. The molecule has 0 rings (SSSR count). The zero-order valence-electron chi connectivity index (χ0n) is 10.4. The van der Waals surface area contributed by atoms with E-state index in [9.17, 15) is 9.90 Å². The Bertz CT molecular complexity index is 187. The van der Waals surface area contributed by atoms with Crippen LogP contribution >= 0.6 is 0 Å². The minimum absolute atomic E-state index is 0.224. The summed E-state index contributed by atoms with van der Waals surface area (Å²) in [4.78, 5) is 13.0. The second-order valence-electron chi connectivity index (χ2n) is 3.53. The Hall–Kier alpha value is -0.650. The predicted octanol–water partition coefficient (Wildman–Crippen LogP) is 0.269. The first-order valence-electron chi connectivity index (χ1n) is 5.68. The van der Waals surface area contributed by atoms with E-state index in [0.29, 0.717) is 32.7 Å². The van der Waals surface area contributed by atoms with Gasteiger partial charge in [0.1, 0.15) is 0 Å². The fraction of sp³-hybridized carbons (Fsp3) is 0.909. The molecule has 0 bridgehead atoms. The molecule has 0 heterocycles. The zero-order chi connectivity index (χ0) is 12.4. The number of hydrogen-bond acceptors (Lipinski definition) is 5. The van der Waals surface area contributed by atoms with Gasteiger partial charge in [0, 0.05) is 19.7 Å². The third-order valence-electron chi connectivity index (χ3n) is 2.29. The van der Waals surface area contributed by atoms with Gasteiger partial charge in [-0.2, -0.15) is 0 Å². The molecule has 5 nitrogen and oxygen atoms in total. The average molecular weight is 233 g/mol. The number of esters is 1. The maximum Gasteiger partial charge on any atom is 0.306 e. The fourth-order valence-electron chi connectivity index (χ4n) is 1.33. The molecule has 1 atom stereocenters. The van der Waals surface area contributed by atoms with E-state index in [1.807, 2.05) is 18.7 Å². The second kappa shape index (κ2) is 9.57. The third-order valence-corrected chi connectivity index (χ3v) is 2.29. The molecule has 0 saturated heterocycles. The summed E-state index contributed by atoms with van der Waals surface area (Å²) in [5.74, 6) is -0.224. The quantitative estimate of drug-likeness (QED) is 0.579. The van der Waals surface area contributed by atoms with Gasteiger partial charge in [0.15, 0.2) is 0 Å². The zero-order valence-corrected chi connectivity index (χ0v) is 10.4. The number of hydrogen-bond donors (Lipinski definition) is 1. The van der Waals surface area contributed by atoms with Crippen LogP contribution in [0.2, 0.25) is 0 Å². The van der Waals surface area contributed by atoms with E-state index >= 15 is 0 Å². The monoisotopic (exact) mass is 233 g/mol. The summed E-state index contributed by atoms with van der Waals surface area (Å²) in [7, 11) is 1.38. The Labute approximate surface area is 97.3 Å². The summed E-state index contributed by atoms with van der Waals surface area (Å²) in [6.07, 6.45) is -0.149. The largest absolute Gasteiger partial charge is 0.469 e. The van der Waals surface area contributed by atoms with Gasteiger partial charge in [-0.3, -0.25) is 4.79 Å². The Kier molecular flexibility index (Phi) is 9.18. The van der Waals surface area contributed by atoms with Crippen LogP contribution in [0.25, 0.3) is 0 Å². The minimum Gasteiger partial charge on any atom is -0.469 e. The minimum atomic E-state index is -0.502. The van der Waals surface area contributed by atoms with Crippen LogP contribution in [0, 0.1) is 0 Å². The van der Waals surface area contributed by atoms with Gasteiger partial charge in [0.2, 0.25) is 0 Å². The Morgan fingerprint density at radius 1 is 1.44 bits per heavy atom. The molecule has 0 amide bonds. The van der Waals surface area contributed by atoms with Crippen molar-refractivity contribution in [2.45, 2.75) is 26.4 Å². The van der Waals surface area contributed by atoms with Crippen molar-refractivity contribution in [1.29, 1.82) is 0 Å². The van der Waals surface area contributed by atoms with E-state index in [1.165, 1.54) is 7.11 Å². The first-order valence-corrected chi connectivity index (χ1v) is 5.68. The van der Waals surface area contributed by atoms with Crippen molar-refractivity contribution >= 4 is 5.97 Å². The molecule has 0 spiro atoms. The molecule has 96 valence electrons. The van der Waals surface area contributed by atoms with Crippen LogP contribution in [-0.2, 0) is 14.3 Å². The normalized spacial score (nSPS) is 12.8. The molecule has 0 aromatic rings. The molecule has 0 aliphatic heterocycles. The standard InChI is InChI=1S/C11H23NO4/c1-4-12(7-6-11(14)15-3)8-10(13)9-16-5-2/h10,13H,4-9H2,1-3H3. The Morgan fingerprint density at radius 3 is 2.62 bits per heavy atom. The molecule has 1 N–H and O–H groups in total. The average Bonchev–Trinajstić information content (AvgIpc) is 2.31. The van der Waals surface area contributed by atoms with Crippen LogP contribution in [0.4, 0.5) is 0 Å². The molecule has 1 unspecified atom stereocenters. The number of rotatable bonds is 9. The van der Waals surface area contributed by atoms with E-state index in [1.54, 1.807) is 0 Å². The fourth-order valence-corrected chi connectivity index (χ4v) is 1.33. The summed E-state index contributed by atoms with van der Waals surface area (Å²) >= 11 is 0. The van der Waals surface area contributed by atoms with Gasteiger partial charge in [0.25, 0.3) is 0 Å². The summed E-state index contributed by atoms with van der Waals surface area (Å²) < 4.78 is 9.68. The maximum atomic E-state index is 11.0. The molecule has 0 radical (unpaired) electrons. The molecule has 0 saturated carbocycles. The maximum absolute atomic E-state index is 11.0. The SMILES string of the molecule is CCOCC(O)CN(CC)CCC(=O)OC. The van der Waals surface area contributed by atoms with E-state index < -0.39 is 6.10 Å². The Balaban J connectivity index is 3.76. The van der Waals surface area contributed by atoms with E-state index in [0.717, 1.165) is 6.54 Å². The molecule has 0 aliphatic rings. The van der Waals surface area contributed by atoms with Gasteiger partial charge >= 0.3 is 5.97 Å². The van der Waals surface area contributed by atoms with Crippen molar-refractivity contribution < 1.29 is 19.4 Å². The van der Waals surface area contributed by atoms with Gasteiger partial charge in [-0.15, -0.1) is 0 Å². The number of methoxy groups -OCH3 is 1. The van der Waals surface area contributed by atoms with Crippen molar-refractivity contribution in [1.82, 2.24) is 4.90 Å². The number of carbonyl (C=O) groups is 1. The van der Waals surface area contributed by atoms with E-state index in [4.69, 9.17) is 4.74 Å². The van der Waals surface area contributed by atoms with Crippen LogP contribution in [-0.4, -0.2) is 62.0 Å². The highest BCUT2D eigenvalue weighted by molar-refractivity contribution is 5.69. The molecular weight excluding hydrogens is 210 g/mol. The highest BCUT2D eigenvalue weighted by atomic mass is 16.5.